The van der Waals surface area contributed by atoms with Gasteiger partial charge in [-0.25, -0.2) is 14.2 Å². The number of hydrogen-bond acceptors (Lipinski definition) is 4. The highest BCUT2D eigenvalue weighted by atomic mass is 35.5. The average Bonchev–Trinajstić information content (AvgIpc) is 2.84. The van der Waals surface area contributed by atoms with Crippen LogP contribution in [0.4, 0.5) is 9.18 Å². The molecule has 9 heteroatoms. The van der Waals surface area contributed by atoms with E-state index in [1.165, 1.54) is 0 Å². The monoisotopic (exact) mass is 319 g/mol. The molecule has 6 nitrogen and oxygen atoms in total. The molecule has 1 aliphatic heterocycles. The van der Waals surface area contributed by atoms with Gasteiger partial charge in [0.15, 0.2) is 0 Å². The summed E-state index contributed by atoms with van der Waals surface area (Å²) in [6.45, 7) is 1.99. The molecule has 0 saturated carbocycles. The third-order valence-electron chi connectivity index (χ3n) is 2.67. The summed E-state index contributed by atoms with van der Waals surface area (Å²) in [5, 5.41) is 4.86. The lowest BCUT2D eigenvalue weighted by atomic mass is 10.3. The van der Waals surface area contributed by atoms with Gasteiger partial charge in [-0.2, -0.15) is 13.5 Å². The molecule has 20 heavy (non-hydrogen) atoms. The second-order valence-corrected chi connectivity index (χ2v) is 6.49. The molecule has 0 fully saturated rings. The molecule has 0 bridgehead atoms. The Labute approximate surface area is 120 Å². The molecule has 1 aromatic rings. The molecule has 0 atom stereocenters. The van der Waals surface area contributed by atoms with Crippen molar-refractivity contribution in [3.63, 3.8) is 0 Å². The third kappa shape index (κ3) is 2.75. The van der Waals surface area contributed by atoms with Crippen molar-refractivity contribution >= 4 is 33.5 Å². The number of amides is 2. The normalized spacial score (nSPS) is 15.2. The van der Waals surface area contributed by atoms with E-state index in [0.717, 1.165) is 29.3 Å². The SMILES string of the molecule is CC1=NN(C(=O)N(Cl)S(=O)(=O)c2ccc(F)cc2)CC1. The van der Waals surface area contributed by atoms with Gasteiger partial charge in [-0.05, 0) is 31.2 Å². The van der Waals surface area contributed by atoms with Crippen LogP contribution in [0.3, 0.4) is 0 Å². The highest BCUT2D eigenvalue weighted by molar-refractivity contribution is 7.90. The van der Waals surface area contributed by atoms with Crippen molar-refractivity contribution in [2.45, 2.75) is 18.2 Å². The number of sulfonamides is 1. The van der Waals surface area contributed by atoms with Crippen LogP contribution in [-0.2, 0) is 10.0 Å². The van der Waals surface area contributed by atoms with Gasteiger partial charge < -0.3 is 0 Å². The Balaban J connectivity index is 2.25. The first kappa shape index (κ1) is 14.7. The van der Waals surface area contributed by atoms with Crippen LogP contribution in [0.2, 0.25) is 0 Å². The lowest BCUT2D eigenvalue weighted by molar-refractivity contribution is 0.199. The Bertz CT molecular complexity index is 660. The van der Waals surface area contributed by atoms with Crippen LogP contribution in [-0.4, -0.2) is 35.5 Å². The molecule has 1 aromatic carbocycles. The van der Waals surface area contributed by atoms with Crippen LogP contribution in [0, 0.1) is 5.82 Å². The highest BCUT2D eigenvalue weighted by Gasteiger charge is 2.33. The van der Waals surface area contributed by atoms with Crippen LogP contribution in [0.15, 0.2) is 34.3 Å². The second kappa shape index (κ2) is 5.37. The van der Waals surface area contributed by atoms with E-state index in [1.54, 1.807) is 6.92 Å². The number of nitrogens with zero attached hydrogens (tertiary/aromatic N) is 3. The molecule has 1 aliphatic rings. The van der Waals surface area contributed by atoms with E-state index in [9.17, 15) is 17.6 Å². The van der Waals surface area contributed by atoms with Crippen molar-refractivity contribution in [3.05, 3.63) is 30.1 Å². The number of rotatable bonds is 2. The van der Waals surface area contributed by atoms with E-state index in [0.29, 0.717) is 12.1 Å². The molecule has 0 spiro atoms. The number of benzene rings is 1. The lowest BCUT2D eigenvalue weighted by Crippen LogP contribution is -2.37. The van der Waals surface area contributed by atoms with E-state index in [-0.39, 0.29) is 15.3 Å². The van der Waals surface area contributed by atoms with Gasteiger partial charge in [0.25, 0.3) is 10.0 Å². The summed E-state index contributed by atoms with van der Waals surface area (Å²) in [6.07, 6.45) is 0.563. The summed E-state index contributed by atoms with van der Waals surface area (Å²) in [7, 11) is -4.24. The molecular weight excluding hydrogens is 309 g/mol. The van der Waals surface area contributed by atoms with Crippen molar-refractivity contribution in [1.82, 2.24) is 8.83 Å². The summed E-state index contributed by atoms with van der Waals surface area (Å²) in [5.41, 5.74) is 0.711. The van der Waals surface area contributed by atoms with E-state index in [2.05, 4.69) is 5.10 Å². The van der Waals surface area contributed by atoms with Crippen molar-refractivity contribution in [1.29, 1.82) is 0 Å². The number of hydrazone groups is 1. The fourth-order valence-corrected chi connectivity index (χ4v) is 2.90. The fourth-order valence-electron chi connectivity index (χ4n) is 1.60. The molecule has 2 amide bonds. The Morgan fingerprint density at radius 3 is 2.50 bits per heavy atom. The third-order valence-corrected chi connectivity index (χ3v) is 4.81. The Morgan fingerprint density at radius 2 is 2.00 bits per heavy atom. The van der Waals surface area contributed by atoms with Gasteiger partial charge in [0, 0.05) is 23.9 Å². The summed E-state index contributed by atoms with van der Waals surface area (Å²) in [6, 6.07) is 3.05. The number of carbonyl (C=O) groups is 1. The second-order valence-electron chi connectivity index (χ2n) is 4.16. The van der Waals surface area contributed by atoms with Gasteiger partial charge in [-0.3, -0.25) is 0 Å². The van der Waals surface area contributed by atoms with Crippen LogP contribution in [0.5, 0.6) is 0 Å². The summed E-state index contributed by atoms with van der Waals surface area (Å²) in [4.78, 5) is 11.7. The largest absolute Gasteiger partial charge is 0.369 e. The van der Waals surface area contributed by atoms with Crippen molar-refractivity contribution < 1.29 is 17.6 Å². The fraction of sp³-hybridized carbons (Fsp3) is 0.273. The molecule has 0 aliphatic carbocycles. The Morgan fingerprint density at radius 1 is 1.40 bits per heavy atom. The lowest BCUT2D eigenvalue weighted by Gasteiger charge is -2.18. The average molecular weight is 320 g/mol. The maximum absolute atomic E-state index is 12.8. The van der Waals surface area contributed by atoms with E-state index in [4.69, 9.17) is 11.8 Å². The van der Waals surface area contributed by atoms with Crippen molar-refractivity contribution in [2.24, 2.45) is 5.10 Å². The summed E-state index contributed by atoms with van der Waals surface area (Å²) in [5.74, 6) is -0.587. The van der Waals surface area contributed by atoms with Gasteiger partial charge in [0.2, 0.25) is 0 Å². The minimum atomic E-state index is -4.24. The first-order chi connectivity index (χ1) is 9.32. The summed E-state index contributed by atoms with van der Waals surface area (Å²) >= 11 is 5.62. The van der Waals surface area contributed by atoms with Crippen LogP contribution in [0.25, 0.3) is 0 Å². The molecule has 0 unspecified atom stereocenters. The van der Waals surface area contributed by atoms with E-state index in [1.807, 2.05) is 0 Å². The minimum Gasteiger partial charge on any atom is -0.244 e. The maximum Gasteiger partial charge on any atom is 0.369 e. The molecule has 2 rings (SSSR count). The molecule has 108 valence electrons. The number of halogens is 2. The highest BCUT2D eigenvalue weighted by Crippen LogP contribution is 2.21. The molecule has 0 saturated heterocycles. The predicted octanol–water partition coefficient (Wildman–Crippen LogP) is 2.17. The zero-order valence-corrected chi connectivity index (χ0v) is 12.0. The van der Waals surface area contributed by atoms with Crippen LogP contribution in [0.1, 0.15) is 13.3 Å². The van der Waals surface area contributed by atoms with E-state index >= 15 is 0 Å². The molecule has 1 heterocycles. The quantitative estimate of drug-likeness (QED) is 0.784. The molecule has 0 aromatic heterocycles. The van der Waals surface area contributed by atoms with Gasteiger partial charge in [-0.1, -0.05) is 0 Å². The predicted molar refractivity (Wildman–Crippen MR) is 71.1 cm³/mol. The van der Waals surface area contributed by atoms with Gasteiger partial charge in [0.1, 0.15) is 5.82 Å². The van der Waals surface area contributed by atoms with Crippen molar-refractivity contribution in [3.8, 4) is 0 Å². The molecular formula is C11H11ClFN3O3S. The number of urea groups is 1. The maximum atomic E-state index is 12.8. The van der Waals surface area contributed by atoms with Gasteiger partial charge in [-0.15, -0.1) is 3.82 Å². The van der Waals surface area contributed by atoms with Gasteiger partial charge in [0.05, 0.1) is 11.4 Å². The van der Waals surface area contributed by atoms with Crippen LogP contribution < -0.4 is 0 Å². The molecule has 0 N–H and O–H groups in total. The zero-order chi connectivity index (χ0) is 14.9. The zero-order valence-electron chi connectivity index (χ0n) is 10.5. The molecule has 0 radical (unpaired) electrons. The Hall–Kier alpha value is -1.67. The number of hydrogen-bond donors (Lipinski definition) is 0. The topological polar surface area (TPSA) is 70.1 Å². The smallest absolute Gasteiger partial charge is 0.244 e. The Kier molecular flexibility index (Phi) is 3.96. The van der Waals surface area contributed by atoms with E-state index < -0.39 is 21.9 Å². The first-order valence-electron chi connectivity index (χ1n) is 5.64. The summed E-state index contributed by atoms with van der Waals surface area (Å²) < 4.78 is 37.1. The first-order valence-corrected chi connectivity index (χ1v) is 7.42. The minimum absolute atomic E-state index is 0.0857. The van der Waals surface area contributed by atoms with Gasteiger partial charge >= 0.3 is 6.03 Å². The standard InChI is InChI=1S/C11H11ClFN3O3S/c1-8-6-7-15(14-8)11(17)16(12)20(18,19)10-4-2-9(13)3-5-10/h2-5H,6-7H2,1H3. The number of carbonyl (C=O) groups excluding carboxylic acids is 1. The van der Waals surface area contributed by atoms with Crippen molar-refractivity contribution in [2.75, 3.05) is 6.54 Å². The van der Waals surface area contributed by atoms with Crippen LogP contribution >= 0.6 is 11.8 Å².